The highest BCUT2D eigenvalue weighted by molar-refractivity contribution is 6.35. The Morgan fingerprint density at radius 3 is 2.50 bits per heavy atom. The molecule has 0 N–H and O–H groups in total. The molecule has 0 amide bonds. The molecule has 0 bridgehead atoms. The van der Waals surface area contributed by atoms with E-state index in [4.69, 9.17) is 18.9 Å². The SMILES string of the molecule is CC(=O)OC[C@H]1O[C@H](OC(C)(C)c2cn(C3=CC(=O)c4ccccc4C3=O)nn2)C=C[C@@H]1OC(C)=O. The van der Waals surface area contributed by atoms with E-state index in [-0.39, 0.29) is 23.9 Å². The van der Waals surface area contributed by atoms with Crippen LogP contribution in [0.2, 0.25) is 0 Å². The first-order chi connectivity index (χ1) is 17.0. The Hall–Kier alpha value is -3.96. The zero-order valence-corrected chi connectivity index (χ0v) is 20.2. The summed E-state index contributed by atoms with van der Waals surface area (Å²) in [5.41, 5.74) is 0.0421. The third-order valence-corrected chi connectivity index (χ3v) is 5.59. The Labute approximate surface area is 206 Å². The van der Waals surface area contributed by atoms with Gasteiger partial charge in [-0.25, -0.2) is 4.68 Å². The van der Waals surface area contributed by atoms with Gasteiger partial charge >= 0.3 is 11.9 Å². The number of hydrogen-bond acceptors (Lipinski definition) is 10. The van der Waals surface area contributed by atoms with E-state index < -0.39 is 36.0 Å². The summed E-state index contributed by atoms with van der Waals surface area (Å²) in [6.45, 7) is 5.85. The van der Waals surface area contributed by atoms with Crippen LogP contribution in [0.15, 0.2) is 48.7 Å². The normalized spacial score (nSPS) is 21.6. The summed E-state index contributed by atoms with van der Waals surface area (Å²) in [6, 6.07) is 6.58. The fourth-order valence-corrected chi connectivity index (χ4v) is 3.81. The number of esters is 2. The van der Waals surface area contributed by atoms with Gasteiger partial charge in [0.2, 0.25) is 5.78 Å². The number of ketones is 2. The van der Waals surface area contributed by atoms with Crippen LogP contribution in [0.1, 0.15) is 54.1 Å². The van der Waals surface area contributed by atoms with Crippen molar-refractivity contribution in [3.8, 4) is 0 Å². The van der Waals surface area contributed by atoms with Crippen molar-refractivity contribution in [2.75, 3.05) is 6.61 Å². The predicted molar refractivity (Wildman–Crippen MR) is 123 cm³/mol. The van der Waals surface area contributed by atoms with Gasteiger partial charge in [-0.3, -0.25) is 19.2 Å². The Morgan fingerprint density at radius 2 is 1.81 bits per heavy atom. The van der Waals surface area contributed by atoms with Crippen molar-refractivity contribution in [1.82, 2.24) is 15.0 Å². The molecule has 36 heavy (non-hydrogen) atoms. The maximum absolute atomic E-state index is 13.0. The molecular weight excluding hydrogens is 470 g/mol. The van der Waals surface area contributed by atoms with E-state index >= 15 is 0 Å². The molecule has 0 unspecified atom stereocenters. The third-order valence-electron chi connectivity index (χ3n) is 5.59. The van der Waals surface area contributed by atoms with Crippen LogP contribution >= 0.6 is 0 Å². The number of fused-ring (bicyclic) bond motifs is 1. The monoisotopic (exact) mass is 495 g/mol. The highest BCUT2D eigenvalue weighted by atomic mass is 16.7. The number of carbonyl (C=O) groups excluding carboxylic acids is 4. The standard InChI is InChI=1S/C25H25N3O8/c1-14(29)33-13-21-20(34-15(2)30)9-10-23(35-21)36-25(3,4)22-12-28(27-26-22)18-11-19(31)16-7-5-6-8-17(16)24(18)32/h5-12,20-21,23H,13H2,1-4H3/t20-,21+,23+/m0/s1. The first-order valence-corrected chi connectivity index (χ1v) is 11.2. The number of nitrogens with zero attached hydrogens (tertiary/aromatic N) is 3. The van der Waals surface area contributed by atoms with Crippen LogP contribution in [0.4, 0.5) is 0 Å². The highest BCUT2D eigenvalue weighted by Crippen LogP contribution is 2.30. The van der Waals surface area contributed by atoms with Crippen molar-refractivity contribution in [3.63, 3.8) is 0 Å². The molecule has 11 nitrogen and oxygen atoms in total. The van der Waals surface area contributed by atoms with Gasteiger partial charge in [0.1, 0.15) is 35.8 Å². The number of hydrogen-bond donors (Lipinski definition) is 0. The Morgan fingerprint density at radius 1 is 1.08 bits per heavy atom. The molecule has 11 heteroatoms. The summed E-state index contributed by atoms with van der Waals surface area (Å²) in [6.07, 6.45) is 3.50. The second kappa shape index (κ2) is 9.96. The fourth-order valence-electron chi connectivity index (χ4n) is 3.81. The molecule has 1 aromatic heterocycles. The van der Waals surface area contributed by atoms with Crippen molar-refractivity contribution in [2.45, 2.75) is 51.8 Å². The minimum atomic E-state index is -1.05. The second-order valence-electron chi connectivity index (χ2n) is 8.75. The van der Waals surface area contributed by atoms with Crippen LogP contribution in [0.25, 0.3) is 5.70 Å². The smallest absolute Gasteiger partial charge is 0.303 e. The second-order valence-corrected chi connectivity index (χ2v) is 8.75. The molecule has 2 aliphatic rings. The molecular formula is C25H25N3O8. The molecule has 2 heterocycles. The molecule has 1 aliphatic carbocycles. The molecule has 0 spiro atoms. The topological polar surface area (TPSA) is 136 Å². The Balaban J connectivity index is 1.51. The summed E-state index contributed by atoms with van der Waals surface area (Å²) in [5, 5.41) is 8.18. The van der Waals surface area contributed by atoms with Gasteiger partial charge in [-0.1, -0.05) is 29.5 Å². The van der Waals surface area contributed by atoms with Crippen molar-refractivity contribution < 1.29 is 38.1 Å². The zero-order valence-electron chi connectivity index (χ0n) is 20.2. The van der Waals surface area contributed by atoms with Crippen LogP contribution in [0.3, 0.4) is 0 Å². The summed E-state index contributed by atoms with van der Waals surface area (Å²) >= 11 is 0. The molecule has 0 saturated heterocycles. The predicted octanol–water partition coefficient (Wildman–Crippen LogP) is 2.23. The number of aromatic nitrogens is 3. The van der Waals surface area contributed by atoms with Crippen LogP contribution in [-0.2, 0) is 34.1 Å². The van der Waals surface area contributed by atoms with Gasteiger partial charge in [0.25, 0.3) is 0 Å². The molecule has 2 aromatic rings. The van der Waals surface area contributed by atoms with Gasteiger partial charge in [0.15, 0.2) is 12.1 Å². The molecule has 0 radical (unpaired) electrons. The maximum atomic E-state index is 13.0. The number of Topliss-reactive ketones (excluding diaryl/α,β-unsaturated/α-hetero) is 1. The van der Waals surface area contributed by atoms with Gasteiger partial charge in [-0.05, 0) is 26.0 Å². The largest absolute Gasteiger partial charge is 0.463 e. The lowest BCUT2D eigenvalue weighted by Crippen LogP contribution is -2.43. The summed E-state index contributed by atoms with van der Waals surface area (Å²) in [5.74, 6) is -1.65. The number of ether oxygens (including phenoxy) is 4. The third kappa shape index (κ3) is 5.31. The first kappa shape index (κ1) is 25.1. The highest BCUT2D eigenvalue weighted by Gasteiger charge is 2.36. The number of benzene rings is 1. The van der Waals surface area contributed by atoms with Crippen LogP contribution in [-0.4, -0.2) is 63.6 Å². The molecule has 0 saturated carbocycles. The van der Waals surface area contributed by atoms with Gasteiger partial charge < -0.3 is 18.9 Å². The van der Waals surface area contributed by atoms with Crippen molar-refractivity contribution >= 4 is 29.2 Å². The van der Waals surface area contributed by atoms with Crippen LogP contribution in [0.5, 0.6) is 0 Å². The van der Waals surface area contributed by atoms with E-state index in [0.29, 0.717) is 16.8 Å². The lowest BCUT2D eigenvalue weighted by atomic mass is 9.93. The molecule has 3 atom stereocenters. The lowest BCUT2D eigenvalue weighted by Gasteiger charge is -2.35. The van der Waals surface area contributed by atoms with Crippen molar-refractivity contribution in [2.24, 2.45) is 0 Å². The molecule has 4 rings (SSSR count). The van der Waals surface area contributed by atoms with E-state index in [9.17, 15) is 19.2 Å². The van der Waals surface area contributed by atoms with E-state index in [1.165, 1.54) is 30.8 Å². The van der Waals surface area contributed by atoms with Gasteiger partial charge in [0, 0.05) is 31.1 Å². The maximum Gasteiger partial charge on any atom is 0.303 e. The fraction of sp³-hybridized carbons (Fsp3) is 0.360. The summed E-state index contributed by atoms with van der Waals surface area (Å²) in [7, 11) is 0. The molecule has 1 aromatic carbocycles. The van der Waals surface area contributed by atoms with E-state index in [0.717, 1.165) is 0 Å². The Bertz CT molecular complexity index is 1280. The van der Waals surface area contributed by atoms with Crippen LogP contribution < -0.4 is 0 Å². The van der Waals surface area contributed by atoms with Gasteiger partial charge in [0.05, 0.1) is 6.20 Å². The van der Waals surface area contributed by atoms with Gasteiger partial charge in [-0.15, -0.1) is 5.10 Å². The molecule has 0 fully saturated rings. The molecule has 188 valence electrons. The van der Waals surface area contributed by atoms with E-state index in [1.54, 1.807) is 50.3 Å². The van der Waals surface area contributed by atoms with Crippen molar-refractivity contribution in [3.05, 3.63) is 65.5 Å². The average molecular weight is 495 g/mol. The van der Waals surface area contributed by atoms with Crippen LogP contribution in [0, 0.1) is 0 Å². The first-order valence-electron chi connectivity index (χ1n) is 11.2. The summed E-state index contributed by atoms with van der Waals surface area (Å²) in [4.78, 5) is 48.1. The number of rotatable bonds is 7. The zero-order chi connectivity index (χ0) is 26.0. The number of carbonyl (C=O) groups is 4. The average Bonchev–Trinajstić information content (AvgIpc) is 3.32. The summed E-state index contributed by atoms with van der Waals surface area (Å²) < 4.78 is 23.5. The number of allylic oxidation sites excluding steroid dienone is 2. The quantitative estimate of drug-likeness (QED) is 0.415. The minimum absolute atomic E-state index is 0.0766. The van der Waals surface area contributed by atoms with E-state index in [1.807, 2.05) is 0 Å². The molecule has 1 aliphatic heterocycles. The van der Waals surface area contributed by atoms with Crippen molar-refractivity contribution in [1.29, 1.82) is 0 Å². The Kier molecular flexibility index (Phi) is 6.95. The lowest BCUT2D eigenvalue weighted by molar-refractivity contribution is -0.230. The van der Waals surface area contributed by atoms with E-state index in [2.05, 4.69) is 10.3 Å². The minimum Gasteiger partial charge on any atom is -0.463 e. The van der Waals surface area contributed by atoms with Gasteiger partial charge in [-0.2, -0.15) is 0 Å².